The number of fused-ring (bicyclic) bond motifs is 1. The first-order valence-electron chi connectivity index (χ1n) is 7.87. The minimum Gasteiger partial charge on any atom is -0.477 e. The van der Waals surface area contributed by atoms with E-state index in [-0.39, 0.29) is 17.5 Å². The minimum atomic E-state index is -3.08. The first kappa shape index (κ1) is 18.1. The molecule has 9 heteroatoms. The van der Waals surface area contributed by atoms with Gasteiger partial charge in [-0.05, 0) is 18.6 Å². The largest absolute Gasteiger partial charge is 0.477 e. The summed E-state index contributed by atoms with van der Waals surface area (Å²) in [6.07, 6.45) is -0.345. The number of amides is 1. The van der Waals surface area contributed by atoms with E-state index in [0.717, 1.165) is 4.90 Å². The van der Waals surface area contributed by atoms with Crippen molar-refractivity contribution >= 4 is 33.5 Å². The molecule has 2 atom stereocenters. The lowest BCUT2D eigenvalue weighted by Crippen LogP contribution is -2.42. The van der Waals surface area contributed by atoms with Crippen molar-refractivity contribution in [2.75, 3.05) is 30.9 Å². The SMILES string of the molecule is CN(C(=O)COC(=O)[C@@H]1CSc2ccccc2O1)[C@H]1CCS(=O)(=O)C1. The van der Waals surface area contributed by atoms with E-state index in [9.17, 15) is 18.0 Å². The molecule has 2 aliphatic rings. The van der Waals surface area contributed by atoms with Gasteiger partial charge in [0.15, 0.2) is 16.4 Å². The summed E-state index contributed by atoms with van der Waals surface area (Å²) in [5.41, 5.74) is 0. The third-order valence-corrected chi connectivity index (χ3v) is 7.13. The molecule has 1 fully saturated rings. The first-order valence-corrected chi connectivity index (χ1v) is 10.7. The van der Waals surface area contributed by atoms with Crippen molar-refractivity contribution in [2.24, 2.45) is 0 Å². The monoisotopic (exact) mass is 385 g/mol. The van der Waals surface area contributed by atoms with Crippen LogP contribution in [0, 0.1) is 0 Å². The molecule has 2 aliphatic heterocycles. The van der Waals surface area contributed by atoms with Crippen molar-refractivity contribution in [2.45, 2.75) is 23.5 Å². The third kappa shape index (κ3) is 4.27. The number of ether oxygens (including phenoxy) is 2. The lowest BCUT2D eigenvalue weighted by molar-refractivity contribution is -0.157. The zero-order chi connectivity index (χ0) is 18.0. The van der Waals surface area contributed by atoms with Crippen LogP contribution >= 0.6 is 11.8 Å². The van der Waals surface area contributed by atoms with Crippen LogP contribution < -0.4 is 4.74 Å². The fourth-order valence-corrected chi connectivity index (χ4v) is 5.49. The Hall–Kier alpha value is -1.74. The molecule has 0 bridgehead atoms. The van der Waals surface area contributed by atoms with Crippen LogP contribution in [0.25, 0.3) is 0 Å². The summed E-state index contributed by atoms with van der Waals surface area (Å²) < 4.78 is 33.7. The van der Waals surface area contributed by atoms with Crippen molar-refractivity contribution in [1.82, 2.24) is 4.90 Å². The molecule has 1 saturated heterocycles. The number of benzene rings is 1. The fourth-order valence-electron chi connectivity index (χ4n) is 2.75. The number of hydrogen-bond donors (Lipinski definition) is 0. The predicted molar refractivity (Wildman–Crippen MR) is 92.4 cm³/mol. The maximum absolute atomic E-state index is 12.1. The number of thioether (sulfide) groups is 1. The molecular weight excluding hydrogens is 366 g/mol. The lowest BCUT2D eigenvalue weighted by atomic mass is 10.2. The predicted octanol–water partition coefficient (Wildman–Crippen LogP) is 0.728. The van der Waals surface area contributed by atoms with Gasteiger partial charge in [0, 0.05) is 23.7 Å². The summed E-state index contributed by atoms with van der Waals surface area (Å²) in [6.45, 7) is -0.419. The number of nitrogens with zero attached hydrogens (tertiary/aromatic N) is 1. The smallest absolute Gasteiger partial charge is 0.348 e. The van der Waals surface area contributed by atoms with Crippen molar-refractivity contribution in [3.63, 3.8) is 0 Å². The molecule has 0 radical (unpaired) electrons. The Balaban J connectivity index is 1.50. The summed E-state index contributed by atoms with van der Waals surface area (Å²) >= 11 is 1.50. The van der Waals surface area contributed by atoms with Crippen molar-refractivity contribution in [1.29, 1.82) is 0 Å². The van der Waals surface area contributed by atoms with Gasteiger partial charge in [0.05, 0.1) is 11.5 Å². The third-order valence-electron chi connectivity index (χ3n) is 4.26. The van der Waals surface area contributed by atoms with Crippen LogP contribution in [-0.2, 0) is 24.2 Å². The second-order valence-corrected chi connectivity index (χ2v) is 9.32. The van der Waals surface area contributed by atoms with Crippen LogP contribution in [0.2, 0.25) is 0 Å². The fraction of sp³-hybridized carbons (Fsp3) is 0.500. The maximum atomic E-state index is 12.1. The highest BCUT2D eigenvalue weighted by molar-refractivity contribution is 7.99. The van der Waals surface area contributed by atoms with Crippen molar-refractivity contribution in [3.8, 4) is 5.75 Å². The molecule has 0 aromatic heterocycles. The molecule has 0 spiro atoms. The highest BCUT2D eigenvalue weighted by Crippen LogP contribution is 2.35. The maximum Gasteiger partial charge on any atom is 0.348 e. The Morgan fingerprint density at radius 2 is 2.12 bits per heavy atom. The number of rotatable bonds is 4. The standard InChI is InChI=1S/C16H19NO6S2/c1-17(11-6-7-25(20,21)10-11)15(18)8-22-16(19)13-9-24-14-5-3-2-4-12(14)23-13/h2-5,11,13H,6-10H2,1H3/t11-,13-/m0/s1. The first-order chi connectivity index (χ1) is 11.9. The number of sulfone groups is 1. The summed E-state index contributed by atoms with van der Waals surface area (Å²) in [7, 11) is -1.54. The van der Waals surface area contributed by atoms with Crippen LogP contribution in [0.1, 0.15) is 6.42 Å². The van der Waals surface area contributed by atoms with Crippen LogP contribution in [-0.4, -0.2) is 68.3 Å². The van der Waals surface area contributed by atoms with Crippen LogP contribution in [0.5, 0.6) is 5.75 Å². The molecule has 1 aromatic rings. The number of esters is 1. The van der Waals surface area contributed by atoms with Gasteiger partial charge in [-0.15, -0.1) is 11.8 Å². The number of carbonyl (C=O) groups is 2. The van der Waals surface area contributed by atoms with E-state index in [1.165, 1.54) is 23.7 Å². The molecule has 0 N–H and O–H groups in total. The summed E-state index contributed by atoms with van der Waals surface area (Å²) in [5.74, 6) is 0.0764. The van der Waals surface area contributed by atoms with E-state index in [0.29, 0.717) is 17.9 Å². The molecule has 136 valence electrons. The zero-order valence-corrected chi connectivity index (χ0v) is 15.3. The summed E-state index contributed by atoms with van der Waals surface area (Å²) in [4.78, 5) is 26.6. The molecule has 3 rings (SSSR count). The van der Waals surface area contributed by atoms with E-state index in [4.69, 9.17) is 9.47 Å². The van der Waals surface area contributed by atoms with Crippen LogP contribution in [0.3, 0.4) is 0 Å². The van der Waals surface area contributed by atoms with Gasteiger partial charge in [-0.1, -0.05) is 12.1 Å². The van der Waals surface area contributed by atoms with Crippen molar-refractivity contribution < 1.29 is 27.5 Å². The Bertz CT molecular complexity index is 779. The van der Waals surface area contributed by atoms with E-state index in [2.05, 4.69) is 0 Å². The van der Waals surface area contributed by atoms with Gasteiger partial charge in [-0.2, -0.15) is 0 Å². The molecule has 7 nitrogen and oxygen atoms in total. The molecule has 0 aliphatic carbocycles. The molecule has 0 saturated carbocycles. The second-order valence-electron chi connectivity index (χ2n) is 6.03. The Labute approximate surface area is 150 Å². The quantitative estimate of drug-likeness (QED) is 0.706. The molecule has 2 heterocycles. The van der Waals surface area contributed by atoms with Crippen LogP contribution in [0.15, 0.2) is 29.2 Å². The summed E-state index contributed by atoms with van der Waals surface area (Å²) in [5, 5.41) is 0. The highest BCUT2D eigenvalue weighted by atomic mass is 32.2. The van der Waals surface area contributed by atoms with E-state index >= 15 is 0 Å². The highest BCUT2D eigenvalue weighted by Gasteiger charge is 2.34. The molecular formula is C16H19NO6S2. The molecule has 1 amide bonds. The van der Waals surface area contributed by atoms with Gasteiger partial charge >= 0.3 is 5.97 Å². The molecule has 0 unspecified atom stereocenters. The molecule has 1 aromatic carbocycles. The van der Waals surface area contributed by atoms with E-state index in [1.807, 2.05) is 18.2 Å². The normalized spacial score (nSPS) is 24.0. The molecule has 25 heavy (non-hydrogen) atoms. The van der Waals surface area contributed by atoms with E-state index < -0.39 is 34.4 Å². The van der Waals surface area contributed by atoms with E-state index in [1.54, 1.807) is 6.07 Å². The van der Waals surface area contributed by atoms with Gasteiger partial charge in [-0.25, -0.2) is 13.2 Å². The average molecular weight is 385 g/mol. The van der Waals surface area contributed by atoms with Gasteiger partial charge in [0.2, 0.25) is 6.10 Å². The number of hydrogen-bond acceptors (Lipinski definition) is 7. The average Bonchev–Trinajstić information content (AvgIpc) is 2.98. The van der Waals surface area contributed by atoms with Crippen molar-refractivity contribution in [3.05, 3.63) is 24.3 Å². The Morgan fingerprint density at radius 1 is 1.36 bits per heavy atom. The zero-order valence-electron chi connectivity index (χ0n) is 13.7. The Morgan fingerprint density at radius 3 is 2.84 bits per heavy atom. The number of para-hydroxylation sites is 1. The number of likely N-dealkylation sites (N-methyl/N-ethyl adjacent to an activating group) is 1. The van der Waals surface area contributed by atoms with Gasteiger partial charge in [0.25, 0.3) is 5.91 Å². The summed E-state index contributed by atoms with van der Waals surface area (Å²) in [6, 6.07) is 7.05. The lowest BCUT2D eigenvalue weighted by Gasteiger charge is -2.25. The van der Waals surface area contributed by atoms with Crippen LogP contribution in [0.4, 0.5) is 0 Å². The van der Waals surface area contributed by atoms with Gasteiger partial charge in [0.1, 0.15) is 5.75 Å². The van der Waals surface area contributed by atoms with Gasteiger partial charge < -0.3 is 14.4 Å². The topological polar surface area (TPSA) is 90.0 Å². The second kappa shape index (κ2) is 7.25. The number of carbonyl (C=O) groups excluding carboxylic acids is 2. The van der Waals surface area contributed by atoms with Gasteiger partial charge in [-0.3, -0.25) is 4.79 Å². The Kier molecular flexibility index (Phi) is 5.24. The minimum absolute atomic E-state index is 0.0393.